The molecule has 2 rings (SSSR count). The molecule has 0 bridgehead atoms. The van der Waals surface area contributed by atoms with Crippen molar-refractivity contribution in [1.29, 1.82) is 0 Å². The number of carbonyl (C=O) groups excluding carboxylic acids is 1. The second-order valence-electron chi connectivity index (χ2n) is 5.14. The number of oxazole rings is 1. The number of rotatable bonds is 5. The zero-order valence-electron chi connectivity index (χ0n) is 12.7. The number of aromatic nitrogens is 1. The van der Waals surface area contributed by atoms with Crippen molar-refractivity contribution in [2.75, 3.05) is 0 Å². The van der Waals surface area contributed by atoms with Crippen molar-refractivity contribution in [3.8, 4) is 0 Å². The highest BCUT2D eigenvalue weighted by Crippen LogP contribution is 2.18. The molecule has 2 N–H and O–H groups in total. The summed E-state index contributed by atoms with van der Waals surface area (Å²) < 4.78 is 5.10. The lowest BCUT2D eigenvalue weighted by Gasteiger charge is -2.15. The second-order valence-corrected chi connectivity index (χ2v) is 5.14. The first-order valence-electron chi connectivity index (χ1n) is 6.96. The monoisotopic (exact) mass is 302 g/mol. The molecule has 1 aromatic heterocycles. The van der Waals surface area contributed by atoms with Crippen molar-refractivity contribution in [3.05, 3.63) is 52.7 Å². The Balaban J connectivity index is 2.29. The van der Waals surface area contributed by atoms with E-state index in [0.29, 0.717) is 17.7 Å². The van der Waals surface area contributed by atoms with E-state index in [-0.39, 0.29) is 5.69 Å². The summed E-state index contributed by atoms with van der Waals surface area (Å²) in [5, 5.41) is 11.9. The van der Waals surface area contributed by atoms with Crippen LogP contribution in [0.15, 0.2) is 29.0 Å². The summed E-state index contributed by atoms with van der Waals surface area (Å²) in [5.41, 5.74) is 2.52. The predicted octanol–water partition coefficient (Wildman–Crippen LogP) is 2.41. The van der Waals surface area contributed by atoms with Crippen LogP contribution in [0.5, 0.6) is 0 Å². The molecule has 1 amide bonds. The lowest BCUT2D eigenvalue weighted by molar-refractivity contribution is -0.139. The van der Waals surface area contributed by atoms with Gasteiger partial charge in [-0.3, -0.25) is 4.79 Å². The van der Waals surface area contributed by atoms with Crippen LogP contribution >= 0.6 is 0 Å². The summed E-state index contributed by atoms with van der Waals surface area (Å²) in [7, 11) is 0. The van der Waals surface area contributed by atoms with Crippen molar-refractivity contribution < 1.29 is 19.1 Å². The average Bonchev–Trinajstić information content (AvgIpc) is 2.91. The number of benzene rings is 1. The first-order chi connectivity index (χ1) is 10.4. The van der Waals surface area contributed by atoms with Crippen LogP contribution in [0, 0.1) is 13.8 Å². The van der Waals surface area contributed by atoms with Crippen LogP contribution in [0.1, 0.15) is 45.9 Å². The van der Waals surface area contributed by atoms with Crippen LogP contribution in [0.25, 0.3) is 0 Å². The molecule has 0 fully saturated rings. The van der Waals surface area contributed by atoms with Gasteiger partial charge in [-0.05, 0) is 19.4 Å². The maximum absolute atomic E-state index is 12.2. The minimum absolute atomic E-state index is 0.123. The van der Waals surface area contributed by atoms with Crippen LogP contribution in [0.3, 0.4) is 0 Å². The van der Waals surface area contributed by atoms with Crippen molar-refractivity contribution in [3.63, 3.8) is 0 Å². The van der Waals surface area contributed by atoms with Crippen LogP contribution in [0.2, 0.25) is 0 Å². The number of aryl methyl sites for hydroxylation is 3. The molecule has 1 heterocycles. The molecule has 22 heavy (non-hydrogen) atoms. The van der Waals surface area contributed by atoms with Gasteiger partial charge in [0.1, 0.15) is 5.76 Å². The van der Waals surface area contributed by atoms with Gasteiger partial charge in [-0.1, -0.05) is 36.2 Å². The van der Waals surface area contributed by atoms with Crippen LogP contribution in [-0.2, 0) is 11.2 Å². The van der Waals surface area contributed by atoms with Gasteiger partial charge in [-0.15, -0.1) is 0 Å². The third kappa shape index (κ3) is 3.33. The summed E-state index contributed by atoms with van der Waals surface area (Å²) in [6, 6.07) is 4.30. The zero-order valence-corrected chi connectivity index (χ0v) is 12.7. The largest absolute Gasteiger partial charge is 0.479 e. The summed E-state index contributed by atoms with van der Waals surface area (Å²) in [6.07, 6.45) is 1.68. The van der Waals surface area contributed by atoms with E-state index >= 15 is 0 Å². The van der Waals surface area contributed by atoms with E-state index < -0.39 is 17.9 Å². The molecule has 0 spiro atoms. The Morgan fingerprint density at radius 2 is 1.91 bits per heavy atom. The van der Waals surface area contributed by atoms with Gasteiger partial charge >= 0.3 is 5.97 Å². The molecule has 0 saturated carbocycles. The highest BCUT2D eigenvalue weighted by atomic mass is 16.4. The fraction of sp³-hybridized carbons (Fsp3) is 0.312. The fourth-order valence-corrected chi connectivity index (χ4v) is 2.37. The molecule has 1 unspecified atom stereocenters. The van der Waals surface area contributed by atoms with Gasteiger partial charge in [-0.25, -0.2) is 9.78 Å². The fourth-order valence-electron chi connectivity index (χ4n) is 2.37. The molecule has 6 heteroatoms. The maximum Gasteiger partial charge on any atom is 0.330 e. The van der Waals surface area contributed by atoms with E-state index in [1.165, 1.54) is 6.39 Å². The van der Waals surface area contributed by atoms with Gasteiger partial charge in [0.25, 0.3) is 5.91 Å². The quantitative estimate of drug-likeness (QED) is 0.884. The Morgan fingerprint density at radius 1 is 1.27 bits per heavy atom. The number of hydrogen-bond acceptors (Lipinski definition) is 4. The molecule has 0 saturated heterocycles. The minimum Gasteiger partial charge on any atom is -0.479 e. The van der Waals surface area contributed by atoms with E-state index in [0.717, 1.165) is 11.1 Å². The Bertz CT molecular complexity index is 686. The van der Waals surface area contributed by atoms with Crippen LogP contribution in [-0.4, -0.2) is 22.0 Å². The van der Waals surface area contributed by atoms with E-state index in [1.54, 1.807) is 12.1 Å². The van der Waals surface area contributed by atoms with Gasteiger partial charge in [0.05, 0.1) is 0 Å². The number of aliphatic carboxylic acids is 1. The number of nitrogens with one attached hydrogen (secondary N) is 1. The smallest absolute Gasteiger partial charge is 0.330 e. The highest BCUT2D eigenvalue weighted by Gasteiger charge is 2.25. The van der Waals surface area contributed by atoms with Gasteiger partial charge in [-0.2, -0.15) is 0 Å². The zero-order chi connectivity index (χ0) is 16.3. The summed E-state index contributed by atoms with van der Waals surface area (Å²) in [4.78, 5) is 27.6. The van der Waals surface area contributed by atoms with Gasteiger partial charge in [0, 0.05) is 6.42 Å². The number of carboxylic acids is 1. The number of carboxylic acid groups (broad SMARTS) is 1. The van der Waals surface area contributed by atoms with Crippen LogP contribution < -0.4 is 5.32 Å². The molecule has 0 aliphatic carbocycles. The van der Waals surface area contributed by atoms with Gasteiger partial charge in [0.15, 0.2) is 18.1 Å². The lowest BCUT2D eigenvalue weighted by atomic mass is 10.0. The molecule has 116 valence electrons. The molecule has 1 atom stereocenters. The number of carbonyl (C=O) groups is 2. The SMILES string of the molecule is CCc1ocnc1C(=O)NC(C(=O)O)c1cc(C)cc(C)c1. The molecule has 0 radical (unpaired) electrons. The van der Waals surface area contributed by atoms with Crippen molar-refractivity contribution >= 4 is 11.9 Å². The highest BCUT2D eigenvalue weighted by molar-refractivity contribution is 5.96. The molecule has 0 aliphatic heterocycles. The van der Waals surface area contributed by atoms with Crippen molar-refractivity contribution in [2.24, 2.45) is 0 Å². The van der Waals surface area contributed by atoms with E-state index in [9.17, 15) is 14.7 Å². The lowest BCUT2D eigenvalue weighted by Crippen LogP contribution is -2.34. The molecular weight excluding hydrogens is 284 g/mol. The summed E-state index contributed by atoms with van der Waals surface area (Å²) in [5.74, 6) is -1.25. The number of hydrogen-bond donors (Lipinski definition) is 2. The predicted molar refractivity (Wildman–Crippen MR) is 79.6 cm³/mol. The Morgan fingerprint density at radius 3 is 2.45 bits per heavy atom. The van der Waals surface area contributed by atoms with Gasteiger partial charge < -0.3 is 14.8 Å². The Kier molecular flexibility index (Phi) is 4.60. The molecule has 2 aromatic rings. The molecular formula is C16H18N2O4. The topological polar surface area (TPSA) is 92.4 Å². The first-order valence-corrected chi connectivity index (χ1v) is 6.96. The third-order valence-electron chi connectivity index (χ3n) is 3.28. The minimum atomic E-state index is -1.13. The third-order valence-corrected chi connectivity index (χ3v) is 3.28. The van der Waals surface area contributed by atoms with E-state index in [2.05, 4.69) is 10.3 Å². The average molecular weight is 302 g/mol. The first kappa shape index (κ1) is 15.8. The normalized spacial score (nSPS) is 12.0. The van der Waals surface area contributed by atoms with E-state index in [4.69, 9.17) is 4.42 Å². The molecule has 0 aliphatic rings. The van der Waals surface area contributed by atoms with Crippen LogP contribution in [0.4, 0.5) is 0 Å². The summed E-state index contributed by atoms with van der Waals surface area (Å²) >= 11 is 0. The number of nitrogens with zero attached hydrogens (tertiary/aromatic N) is 1. The molecule has 1 aromatic carbocycles. The van der Waals surface area contributed by atoms with Crippen molar-refractivity contribution in [2.45, 2.75) is 33.2 Å². The van der Waals surface area contributed by atoms with E-state index in [1.807, 2.05) is 26.8 Å². The Hall–Kier alpha value is -2.63. The molecule has 6 nitrogen and oxygen atoms in total. The standard InChI is InChI=1S/C16H18N2O4/c1-4-12-14(17-8-22-12)15(19)18-13(16(20)21)11-6-9(2)5-10(3)7-11/h5-8,13H,4H2,1-3H3,(H,18,19)(H,20,21). The summed E-state index contributed by atoms with van der Waals surface area (Å²) in [6.45, 7) is 5.59. The Labute approximate surface area is 128 Å². The van der Waals surface area contributed by atoms with Crippen molar-refractivity contribution in [1.82, 2.24) is 10.3 Å². The number of amides is 1. The maximum atomic E-state index is 12.2. The second kappa shape index (κ2) is 6.43. The van der Waals surface area contributed by atoms with Gasteiger partial charge in [0.2, 0.25) is 0 Å².